The van der Waals surface area contributed by atoms with E-state index in [0.717, 1.165) is 45.1 Å². The van der Waals surface area contributed by atoms with E-state index >= 15 is 0 Å². The first-order valence-corrected chi connectivity index (χ1v) is 28.8. The summed E-state index contributed by atoms with van der Waals surface area (Å²) in [5.41, 5.74) is 0. The highest BCUT2D eigenvalue weighted by molar-refractivity contribution is 5.69. The van der Waals surface area contributed by atoms with Crippen molar-refractivity contribution >= 4 is 5.97 Å². The first kappa shape index (κ1) is 77.3. The monoisotopic (exact) mass is 1150 g/mol. The number of aliphatic hydroxyl groups is 11. The van der Waals surface area contributed by atoms with E-state index in [2.05, 4.69) is 19.1 Å². The van der Waals surface area contributed by atoms with E-state index in [1.54, 1.807) is 0 Å². The molecule has 24 nitrogen and oxygen atoms in total. The Morgan fingerprint density at radius 3 is 1.14 bits per heavy atom. The van der Waals surface area contributed by atoms with Crippen LogP contribution in [0.5, 0.6) is 0 Å². The second kappa shape index (κ2) is 53.1. The number of hydrogen-bond acceptors (Lipinski definition) is 23. The van der Waals surface area contributed by atoms with E-state index < -0.39 is 92.9 Å². The molecular weight excluding hydrogens is 1040 g/mol. The summed E-state index contributed by atoms with van der Waals surface area (Å²) in [6.45, 7) is 0.635. The standard InChI is InChI=1S/C55H110NO23/c1-5-7-8-9-10-11-12-13-14-15-16-17-18-19-20-21-55(68)78-43-54(42-73-29-47(63)25-59)79-53(40-75-35-50(66)33-72-32-48(64)30-70-27-45(61)23-57)41-76-39-52(38-74-34-49(65)31-71-28-46(62)24-58)77-37-51(67)36-69-26-44(60)22-56(3,4)6-2/h13-14,44-54,57-67H,5-12,15-43H2,1-4H3/q+1. The number of hydrogen-bond donors (Lipinski definition) is 11. The molecule has 79 heavy (non-hydrogen) atoms. The molecular formula is C55H110NO23+. The molecule has 0 bridgehead atoms. The number of carbonyl (C=O) groups excluding carboxylic acids is 1. The Morgan fingerprint density at radius 2 is 0.722 bits per heavy atom. The number of carbonyl (C=O) groups is 1. The van der Waals surface area contributed by atoms with E-state index in [1.165, 1.54) is 38.5 Å². The highest BCUT2D eigenvalue weighted by Gasteiger charge is 2.24. The Morgan fingerprint density at radius 1 is 0.392 bits per heavy atom. The Bertz CT molecular complexity index is 1360. The second-order valence-corrected chi connectivity index (χ2v) is 20.9. The van der Waals surface area contributed by atoms with E-state index in [4.69, 9.17) is 62.3 Å². The van der Waals surface area contributed by atoms with Crippen LogP contribution in [0.25, 0.3) is 0 Å². The molecule has 0 aliphatic rings. The van der Waals surface area contributed by atoms with Crippen molar-refractivity contribution in [1.82, 2.24) is 0 Å². The van der Waals surface area contributed by atoms with Gasteiger partial charge in [0.05, 0.1) is 153 Å². The molecule has 0 aromatic heterocycles. The van der Waals surface area contributed by atoms with Crippen molar-refractivity contribution in [3.8, 4) is 0 Å². The lowest BCUT2D eigenvalue weighted by Gasteiger charge is -2.30. The van der Waals surface area contributed by atoms with Crippen LogP contribution in [0.1, 0.15) is 104 Å². The van der Waals surface area contributed by atoms with Gasteiger partial charge in [-0.3, -0.25) is 4.79 Å². The summed E-state index contributed by atoms with van der Waals surface area (Å²) in [6.07, 6.45) is 8.06. The summed E-state index contributed by atoms with van der Waals surface area (Å²) in [7, 11) is 3.97. The van der Waals surface area contributed by atoms with Gasteiger partial charge in [-0.25, -0.2) is 0 Å². The average molecular weight is 1150 g/mol. The minimum atomic E-state index is -1.18. The van der Waals surface area contributed by atoms with Gasteiger partial charge in [-0.15, -0.1) is 0 Å². The van der Waals surface area contributed by atoms with Crippen LogP contribution in [0, 0.1) is 0 Å². The van der Waals surface area contributed by atoms with Crippen molar-refractivity contribution < 1.29 is 118 Å². The van der Waals surface area contributed by atoms with Crippen LogP contribution in [-0.2, 0) is 56.9 Å². The Labute approximate surface area is 471 Å². The van der Waals surface area contributed by atoms with Gasteiger partial charge in [-0.05, 0) is 39.0 Å². The first-order chi connectivity index (χ1) is 38.0. The van der Waals surface area contributed by atoms with E-state index in [1.807, 2.05) is 21.0 Å². The van der Waals surface area contributed by atoms with Crippen LogP contribution in [0.2, 0.25) is 0 Å². The largest absolute Gasteiger partial charge is 0.463 e. The van der Waals surface area contributed by atoms with Gasteiger partial charge in [0.25, 0.3) is 0 Å². The van der Waals surface area contributed by atoms with E-state index in [0.29, 0.717) is 17.4 Å². The van der Waals surface area contributed by atoms with Gasteiger partial charge in [0.15, 0.2) is 0 Å². The molecule has 0 saturated carbocycles. The fraction of sp³-hybridized carbons (Fsp3) is 0.945. The van der Waals surface area contributed by atoms with Gasteiger partial charge in [0, 0.05) is 6.42 Å². The molecule has 472 valence electrons. The van der Waals surface area contributed by atoms with E-state index in [9.17, 15) is 50.8 Å². The van der Waals surface area contributed by atoms with Crippen LogP contribution >= 0.6 is 0 Å². The summed E-state index contributed by atoms with van der Waals surface area (Å²) in [5.74, 6) is -0.434. The number of likely N-dealkylation sites (N-methyl/N-ethyl adjacent to an activating group) is 1. The zero-order valence-electron chi connectivity index (χ0n) is 48.4. The van der Waals surface area contributed by atoms with Gasteiger partial charge >= 0.3 is 5.97 Å². The maximum absolute atomic E-state index is 13.0. The predicted octanol–water partition coefficient (Wildman–Crippen LogP) is -0.201. The lowest BCUT2D eigenvalue weighted by Crippen LogP contribution is -2.46. The van der Waals surface area contributed by atoms with Crippen molar-refractivity contribution in [2.45, 2.75) is 171 Å². The Kier molecular flexibility index (Phi) is 52.0. The number of allylic oxidation sites excluding steroid dienone is 2. The molecule has 0 aromatic rings. The zero-order valence-corrected chi connectivity index (χ0v) is 48.4. The quantitative estimate of drug-likeness (QED) is 0.0163. The summed E-state index contributed by atoms with van der Waals surface area (Å²) >= 11 is 0. The molecule has 0 spiro atoms. The lowest BCUT2D eigenvalue weighted by molar-refractivity contribution is -0.891. The summed E-state index contributed by atoms with van der Waals surface area (Å²) in [4.78, 5) is 13.0. The third-order valence-corrected chi connectivity index (χ3v) is 12.1. The van der Waals surface area contributed by atoms with Crippen LogP contribution in [0.4, 0.5) is 0 Å². The maximum atomic E-state index is 13.0. The molecule has 0 heterocycles. The Balaban J connectivity index is 5.81. The number of unbranched alkanes of at least 4 members (excludes halogenated alkanes) is 11. The van der Waals surface area contributed by atoms with Crippen molar-refractivity contribution in [2.75, 3.05) is 166 Å². The molecule has 0 amide bonds. The number of esters is 1. The molecule has 0 fully saturated rings. The van der Waals surface area contributed by atoms with Gasteiger partial charge in [-0.1, -0.05) is 70.4 Å². The van der Waals surface area contributed by atoms with Crippen LogP contribution in [-0.4, -0.2) is 300 Å². The number of aliphatic hydroxyl groups excluding tert-OH is 11. The highest BCUT2D eigenvalue weighted by atomic mass is 16.6. The third kappa shape index (κ3) is 50.6. The van der Waals surface area contributed by atoms with Crippen LogP contribution < -0.4 is 0 Å². The average Bonchev–Trinajstić information content (AvgIpc) is 3.41. The van der Waals surface area contributed by atoms with Crippen molar-refractivity contribution in [2.24, 2.45) is 0 Å². The van der Waals surface area contributed by atoms with Crippen molar-refractivity contribution in [3.05, 3.63) is 12.2 Å². The molecule has 0 radical (unpaired) electrons. The number of ether oxygens (including phenoxy) is 11. The van der Waals surface area contributed by atoms with E-state index in [-0.39, 0.29) is 125 Å². The van der Waals surface area contributed by atoms with Crippen LogP contribution in [0.15, 0.2) is 12.2 Å². The number of quaternary nitrogens is 1. The van der Waals surface area contributed by atoms with Gasteiger partial charge < -0.3 is 113 Å². The van der Waals surface area contributed by atoms with Gasteiger partial charge in [0.2, 0.25) is 0 Å². The lowest BCUT2D eigenvalue weighted by atomic mass is 10.1. The first-order valence-electron chi connectivity index (χ1n) is 28.8. The minimum Gasteiger partial charge on any atom is -0.463 e. The van der Waals surface area contributed by atoms with Crippen molar-refractivity contribution in [1.29, 1.82) is 0 Å². The topological polar surface area (TPSA) is 341 Å². The number of rotatable bonds is 60. The summed E-state index contributed by atoms with van der Waals surface area (Å²) < 4.78 is 63.1. The third-order valence-electron chi connectivity index (χ3n) is 12.1. The van der Waals surface area contributed by atoms with Gasteiger partial charge in [-0.2, -0.15) is 0 Å². The number of nitrogens with zero attached hydrogens (tertiary/aromatic N) is 1. The molecule has 0 rings (SSSR count). The molecule has 0 saturated heterocycles. The summed E-state index contributed by atoms with van der Waals surface area (Å²) in [5, 5.41) is 109. The summed E-state index contributed by atoms with van der Waals surface area (Å²) in [6, 6.07) is 0. The fourth-order valence-electron chi connectivity index (χ4n) is 7.32. The molecule has 0 aliphatic heterocycles. The fourth-order valence-corrected chi connectivity index (χ4v) is 7.32. The molecule has 0 aromatic carbocycles. The minimum absolute atomic E-state index is 0.0000393. The zero-order chi connectivity index (χ0) is 58.8. The molecule has 0 aliphatic carbocycles. The smallest absolute Gasteiger partial charge is 0.305 e. The van der Waals surface area contributed by atoms with Crippen molar-refractivity contribution in [3.63, 3.8) is 0 Å². The molecule has 11 atom stereocenters. The highest BCUT2D eigenvalue weighted by Crippen LogP contribution is 2.13. The Hall–Kier alpha value is -1.67. The normalized spacial score (nSPS) is 16.6. The molecule has 24 heteroatoms. The van der Waals surface area contributed by atoms with Crippen LogP contribution in [0.3, 0.4) is 0 Å². The predicted molar refractivity (Wildman–Crippen MR) is 292 cm³/mol. The molecule has 11 unspecified atom stereocenters. The SMILES string of the molecule is CCCCCCCCC=CCCCCCCCC(=O)OCC(COCC(O)CO)OC(COCC(O)COCC(O)COCC(O)CO)COCC(COCC(O)COCC(O)CO)OCC(O)COCC(O)C[N+](C)(C)CC. The molecule has 11 N–H and O–H groups in total. The van der Waals surface area contributed by atoms with Gasteiger partial charge in [0.1, 0.15) is 80.3 Å². The second-order valence-electron chi connectivity index (χ2n) is 20.9. The maximum Gasteiger partial charge on any atom is 0.305 e.